The van der Waals surface area contributed by atoms with Crippen molar-refractivity contribution < 1.29 is 0 Å². The third kappa shape index (κ3) is 2.61. The fraction of sp³-hybridized carbons (Fsp3) is 0.0667. The Balaban J connectivity index is 0.00000133. The van der Waals surface area contributed by atoms with Crippen LogP contribution in [0.5, 0.6) is 0 Å². The molecule has 0 saturated carbocycles. The number of fused-ring (bicyclic) bond motifs is 1. The largest absolute Gasteiger partial charge is 0.326 e. The van der Waals surface area contributed by atoms with Crippen LogP contribution in [0.1, 0.15) is 5.56 Å². The van der Waals surface area contributed by atoms with Crippen molar-refractivity contribution in [2.75, 3.05) is 0 Å². The summed E-state index contributed by atoms with van der Waals surface area (Å²) in [5.74, 6) is 0. The monoisotopic (exact) mass is 292 g/mol. The lowest BCUT2D eigenvalue weighted by Crippen LogP contribution is -1.98. The zero-order valence-corrected chi connectivity index (χ0v) is 11.8. The molecule has 0 aliphatic heterocycles. The number of rotatable bonds is 2. The van der Waals surface area contributed by atoms with Crippen molar-refractivity contribution in [2.45, 2.75) is 6.54 Å². The van der Waals surface area contributed by atoms with Crippen LogP contribution in [0.2, 0.25) is 5.02 Å². The van der Waals surface area contributed by atoms with Crippen LogP contribution in [-0.4, -0.2) is 4.57 Å². The summed E-state index contributed by atoms with van der Waals surface area (Å²) in [4.78, 5) is 0. The molecule has 1 heterocycles. The van der Waals surface area contributed by atoms with Crippen molar-refractivity contribution in [3.8, 4) is 5.69 Å². The van der Waals surface area contributed by atoms with Gasteiger partial charge in [-0.15, -0.1) is 12.4 Å². The summed E-state index contributed by atoms with van der Waals surface area (Å²) in [6.45, 7) is 0.554. The molecule has 19 heavy (non-hydrogen) atoms. The highest BCUT2D eigenvalue weighted by Gasteiger charge is 2.04. The molecule has 3 aromatic rings. The van der Waals surface area contributed by atoms with Gasteiger partial charge in [0.1, 0.15) is 0 Å². The van der Waals surface area contributed by atoms with E-state index in [1.165, 1.54) is 0 Å². The topological polar surface area (TPSA) is 30.9 Å². The lowest BCUT2D eigenvalue weighted by molar-refractivity contribution is 1.05. The van der Waals surface area contributed by atoms with E-state index in [1.54, 1.807) is 0 Å². The summed E-state index contributed by atoms with van der Waals surface area (Å²) < 4.78 is 2.14. The van der Waals surface area contributed by atoms with E-state index in [0.717, 1.165) is 27.2 Å². The van der Waals surface area contributed by atoms with E-state index in [4.69, 9.17) is 17.3 Å². The SMILES string of the molecule is Cl.NCc1cccc(-n2ccc3cc(Cl)ccc32)c1. The van der Waals surface area contributed by atoms with E-state index in [1.807, 2.05) is 30.3 Å². The minimum absolute atomic E-state index is 0. The first-order valence-corrected chi connectivity index (χ1v) is 6.22. The number of halogens is 2. The molecular formula is C15H14Cl2N2. The molecule has 0 fully saturated rings. The predicted octanol–water partition coefficient (Wildman–Crippen LogP) is 4.16. The number of hydrogen-bond donors (Lipinski definition) is 1. The molecule has 2 N–H and O–H groups in total. The molecule has 1 aromatic heterocycles. The van der Waals surface area contributed by atoms with E-state index in [9.17, 15) is 0 Å². The molecule has 0 atom stereocenters. The van der Waals surface area contributed by atoms with Crippen LogP contribution >= 0.6 is 24.0 Å². The molecule has 0 aliphatic rings. The highest BCUT2D eigenvalue weighted by atomic mass is 35.5. The van der Waals surface area contributed by atoms with Crippen LogP contribution in [0.15, 0.2) is 54.7 Å². The Labute approximate surface area is 123 Å². The Bertz CT molecular complexity index is 704. The molecule has 0 aliphatic carbocycles. The molecule has 0 radical (unpaired) electrons. The third-order valence-corrected chi connectivity index (χ3v) is 3.31. The first kappa shape index (κ1) is 13.9. The van der Waals surface area contributed by atoms with Crippen molar-refractivity contribution in [2.24, 2.45) is 5.73 Å². The number of hydrogen-bond acceptors (Lipinski definition) is 1. The standard InChI is InChI=1S/C15H13ClN2.ClH/c16-13-4-5-15-12(9-13)6-7-18(15)14-3-1-2-11(8-14)10-17;/h1-9H,10,17H2;1H. The van der Waals surface area contributed by atoms with Crippen LogP contribution in [-0.2, 0) is 6.54 Å². The first-order valence-electron chi connectivity index (χ1n) is 5.84. The number of nitrogens with zero attached hydrogens (tertiary/aromatic N) is 1. The molecule has 0 saturated heterocycles. The van der Waals surface area contributed by atoms with Gasteiger partial charge < -0.3 is 10.3 Å². The normalized spacial score (nSPS) is 10.4. The van der Waals surface area contributed by atoms with Crippen LogP contribution in [0.25, 0.3) is 16.6 Å². The first-order chi connectivity index (χ1) is 8.78. The van der Waals surface area contributed by atoms with E-state index in [2.05, 4.69) is 29.0 Å². The summed E-state index contributed by atoms with van der Waals surface area (Å²) in [5, 5.41) is 1.90. The number of aromatic nitrogens is 1. The van der Waals surface area contributed by atoms with Gasteiger partial charge in [0.15, 0.2) is 0 Å². The second kappa shape index (κ2) is 5.66. The maximum Gasteiger partial charge on any atom is 0.0529 e. The molecule has 98 valence electrons. The van der Waals surface area contributed by atoms with Gasteiger partial charge in [-0.1, -0.05) is 23.7 Å². The van der Waals surface area contributed by atoms with Crippen molar-refractivity contribution >= 4 is 34.9 Å². The molecule has 4 heteroatoms. The maximum atomic E-state index is 6.00. The van der Waals surface area contributed by atoms with Gasteiger partial charge in [-0.3, -0.25) is 0 Å². The number of nitrogens with two attached hydrogens (primary N) is 1. The summed E-state index contributed by atoms with van der Waals surface area (Å²) in [5.41, 5.74) is 9.07. The van der Waals surface area contributed by atoms with Gasteiger partial charge in [-0.25, -0.2) is 0 Å². The highest BCUT2D eigenvalue weighted by molar-refractivity contribution is 6.31. The van der Waals surface area contributed by atoms with Gasteiger partial charge in [0.05, 0.1) is 5.52 Å². The van der Waals surface area contributed by atoms with E-state index < -0.39 is 0 Å². The molecule has 2 nitrogen and oxygen atoms in total. The van der Waals surface area contributed by atoms with Gasteiger partial charge in [-0.05, 0) is 42.0 Å². The van der Waals surface area contributed by atoms with Crippen molar-refractivity contribution in [3.63, 3.8) is 0 Å². The van der Waals surface area contributed by atoms with Gasteiger partial charge in [0, 0.05) is 28.8 Å². The van der Waals surface area contributed by atoms with Crippen LogP contribution in [0.4, 0.5) is 0 Å². The molecule has 0 bridgehead atoms. The maximum absolute atomic E-state index is 6.00. The molecule has 3 rings (SSSR count). The number of benzene rings is 2. The molecule has 0 spiro atoms. The minimum atomic E-state index is 0. The zero-order chi connectivity index (χ0) is 12.5. The van der Waals surface area contributed by atoms with Gasteiger partial charge in [0.25, 0.3) is 0 Å². The van der Waals surface area contributed by atoms with Crippen molar-refractivity contribution in [1.82, 2.24) is 4.57 Å². The van der Waals surface area contributed by atoms with Gasteiger partial charge in [0.2, 0.25) is 0 Å². The summed E-state index contributed by atoms with van der Waals surface area (Å²) >= 11 is 6.00. The summed E-state index contributed by atoms with van der Waals surface area (Å²) in [7, 11) is 0. The Morgan fingerprint density at radius 3 is 2.68 bits per heavy atom. The van der Waals surface area contributed by atoms with E-state index in [0.29, 0.717) is 6.54 Å². The van der Waals surface area contributed by atoms with Gasteiger partial charge >= 0.3 is 0 Å². The highest BCUT2D eigenvalue weighted by Crippen LogP contribution is 2.23. The second-order valence-electron chi connectivity index (χ2n) is 4.26. The Hall–Kier alpha value is -1.48. The van der Waals surface area contributed by atoms with E-state index in [-0.39, 0.29) is 12.4 Å². The van der Waals surface area contributed by atoms with Gasteiger partial charge in [-0.2, -0.15) is 0 Å². The average molecular weight is 293 g/mol. The zero-order valence-electron chi connectivity index (χ0n) is 10.2. The fourth-order valence-electron chi connectivity index (χ4n) is 2.17. The molecule has 0 amide bonds. The lowest BCUT2D eigenvalue weighted by atomic mass is 10.2. The van der Waals surface area contributed by atoms with Crippen molar-refractivity contribution in [1.29, 1.82) is 0 Å². The second-order valence-corrected chi connectivity index (χ2v) is 4.70. The molecule has 2 aromatic carbocycles. The quantitative estimate of drug-likeness (QED) is 0.755. The van der Waals surface area contributed by atoms with Crippen molar-refractivity contribution in [3.05, 3.63) is 65.3 Å². The van der Waals surface area contributed by atoms with E-state index >= 15 is 0 Å². The summed E-state index contributed by atoms with van der Waals surface area (Å²) in [6, 6.07) is 16.2. The summed E-state index contributed by atoms with van der Waals surface area (Å²) in [6.07, 6.45) is 2.05. The smallest absolute Gasteiger partial charge is 0.0529 e. The third-order valence-electron chi connectivity index (χ3n) is 3.08. The Morgan fingerprint density at radius 2 is 1.89 bits per heavy atom. The fourth-order valence-corrected chi connectivity index (χ4v) is 2.35. The molecule has 0 unspecified atom stereocenters. The minimum Gasteiger partial charge on any atom is -0.326 e. The Morgan fingerprint density at radius 1 is 1.05 bits per heavy atom. The molecular weight excluding hydrogens is 279 g/mol. The average Bonchev–Trinajstić information content (AvgIpc) is 2.81. The van der Waals surface area contributed by atoms with Crippen LogP contribution in [0, 0.1) is 0 Å². The predicted molar refractivity (Wildman–Crippen MR) is 83.4 cm³/mol. The Kier molecular flexibility index (Phi) is 4.15. The lowest BCUT2D eigenvalue weighted by Gasteiger charge is -2.07. The van der Waals surface area contributed by atoms with Crippen LogP contribution < -0.4 is 5.73 Å². The van der Waals surface area contributed by atoms with Crippen LogP contribution in [0.3, 0.4) is 0 Å².